The quantitative estimate of drug-likeness (QED) is 0.0578. The molecule has 0 heterocycles. The minimum atomic E-state index is -1.12. The van der Waals surface area contributed by atoms with E-state index in [2.05, 4.69) is 16.0 Å². The number of aliphatic carboxylic acids is 2. The number of ketones is 1. The molecule has 296 valence electrons. The van der Waals surface area contributed by atoms with Gasteiger partial charge in [0.25, 0.3) is 0 Å². The Morgan fingerprint density at radius 3 is 1.53 bits per heavy atom. The van der Waals surface area contributed by atoms with Crippen LogP contribution in [0.3, 0.4) is 0 Å². The van der Waals surface area contributed by atoms with Crippen LogP contribution >= 0.6 is 0 Å². The number of ether oxygens (including phenoxy) is 4. The van der Waals surface area contributed by atoms with Gasteiger partial charge in [-0.2, -0.15) is 0 Å². The monoisotopic (exact) mass is 731 g/mol. The molecule has 0 bridgehead atoms. The standard InChI is InChI=1S/C36H65N3O12/c1-2-3-18-37-33(42)17-16-30(36(46)47)27-31(40)28-50-25-23-49-22-20-39-34(43)29-51-26-24-48-21-19-38-32(41)14-12-10-8-6-4-5-7-9-11-13-15-35(44)45/h30H,2-29H2,1H3,(H,37,42)(H,38,41)(H,39,43)(H,44,45)(H,46,47). The van der Waals surface area contributed by atoms with E-state index >= 15 is 0 Å². The van der Waals surface area contributed by atoms with Crippen LogP contribution in [0.2, 0.25) is 0 Å². The van der Waals surface area contributed by atoms with E-state index in [1.807, 2.05) is 6.92 Å². The van der Waals surface area contributed by atoms with Gasteiger partial charge in [-0.15, -0.1) is 0 Å². The fourth-order valence-corrected chi connectivity index (χ4v) is 4.88. The third-order valence-electron chi connectivity index (χ3n) is 7.82. The Hall–Kier alpha value is -3.14. The molecule has 5 N–H and O–H groups in total. The Labute approximate surface area is 303 Å². The molecule has 0 spiro atoms. The Morgan fingerprint density at radius 1 is 0.510 bits per heavy atom. The van der Waals surface area contributed by atoms with Gasteiger partial charge < -0.3 is 45.1 Å². The average molecular weight is 732 g/mol. The maximum Gasteiger partial charge on any atom is 0.306 e. The maximum atomic E-state index is 12.1. The molecule has 1 unspecified atom stereocenters. The van der Waals surface area contributed by atoms with Gasteiger partial charge in [0.05, 0.1) is 45.6 Å². The van der Waals surface area contributed by atoms with Gasteiger partial charge in [-0.3, -0.25) is 28.8 Å². The second kappa shape index (κ2) is 35.3. The molecule has 51 heavy (non-hydrogen) atoms. The highest BCUT2D eigenvalue weighted by Crippen LogP contribution is 2.13. The first-order valence-electron chi connectivity index (χ1n) is 18.7. The first-order chi connectivity index (χ1) is 24.6. The number of carboxylic acids is 2. The Kier molecular flexibility index (Phi) is 33.1. The molecule has 0 fully saturated rings. The topological polar surface area (TPSA) is 216 Å². The van der Waals surface area contributed by atoms with Crippen molar-refractivity contribution in [2.45, 2.75) is 116 Å². The van der Waals surface area contributed by atoms with Crippen molar-refractivity contribution >= 4 is 35.4 Å². The van der Waals surface area contributed by atoms with Crippen molar-refractivity contribution in [1.29, 1.82) is 0 Å². The van der Waals surface area contributed by atoms with Crippen molar-refractivity contribution < 1.29 is 57.9 Å². The fourth-order valence-electron chi connectivity index (χ4n) is 4.88. The summed E-state index contributed by atoms with van der Waals surface area (Å²) in [5.74, 6) is -3.65. The van der Waals surface area contributed by atoms with E-state index in [-0.39, 0.29) is 95.4 Å². The second-order valence-corrected chi connectivity index (χ2v) is 12.5. The lowest BCUT2D eigenvalue weighted by atomic mass is 9.97. The van der Waals surface area contributed by atoms with Crippen LogP contribution in [0.15, 0.2) is 0 Å². The lowest BCUT2D eigenvalue weighted by Crippen LogP contribution is -2.31. The molecular weight excluding hydrogens is 666 g/mol. The SMILES string of the molecule is CCCCNC(=O)CCC(CC(=O)COCCOCCNC(=O)COCCOCCNC(=O)CCCCCCCCCCCCC(=O)O)C(=O)O. The molecule has 0 saturated carbocycles. The third kappa shape index (κ3) is 35.1. The van der Waals surface area contributed by atoms with Crippen LogP contribution in [0, 0.1) is 5.92 Å². The van der Waals surface area contributed by atoms with Gasteiger partial charge >= 0.3 is 11.9 Å². The van der Waals surface area contributed by atoms with Gasteiger partial charge in [0, 0.05) is 45.3 Å². The van der Waals surface area contributed by atoms with Crippen molar-refractivity contribution in [3.63, 3.8) is 0 Å². The smallest absolute Gasteiger partial charge is 0.306 e. The van der Waals surface area contributed by atoms with Crippen molar-refractivity contribution in [3.05, 3.63) is 0 Å². The Balaban J connectivity index is 3.53. The molecule has 3 amide bonds. The number of Topliss-reactive ketones (excluding diaryl/α,β-unsaturated/α-hetero) is 1. The van der Waals surface area contributed by atoms with E-state index in [1.165, 1.54) is 12.8 Å². The predicted octanol–water partition coefficient (Wildman–Crippen LogP) is 3.41. The van der Waals surface area contributed by atoms with Crippen molar-refractivity contribution in [2.75, 3.05) is 72.5 Å². The summed E-state index contributed by atoms with van der Waals surface area (Å²) in [6.45, 7) is 4.32. The fraction of sp³-hybridized carbons (Fsp3) is 0.833. The van der Waals surface area contributed by atoms with Crippen LogP contribution < -0.4 is 16.0 Å². The molecule has 0 aromatic carbocycles. The number of nitrogens with one attached hydrogen (secondary N) is 3. The van der Waals surface area contributed by atoms with Gasteiger partial charge in [0.15, 0.2) is 5.78 Å². The Bertz CT molecular complexity index is 950. The summed E-state index contributed by atoms with van der Waals surface area (Å²) in [7, 11) is 0. The summed E-state index contributed by atoms with van der Waals surface area (Å²) in [6, 6.07) is 0. The number of hydrogen-bond donors (Lipinski definition) is 5. The first kappa shape index (κ1) is 47.9. The van der Waals surface area contributed by atoms with E-state index in [0.29, 0.717) is 32.7 Å². The zero-order valence-electron chi connectivity index (χ0n) is 30.9. The minimum absolute atomic E-state index is 0.0123. The van der Waals surface area contributed by atoms with Crippen LogP contribution in [-0.2, 0) is 47.7 Å². The second-order valence-electron chi connectivity index (χ2n) is 12.5. The molecule has 15 heteroatoms. The zero-order chi connectivity index (χ0) is 37.8. The summed E-state index contributed by atoms with van der Waals surface area (Å²) >= 11 is 0. The summed E-state index contributed by atoms with van der Waals surface area (Å²) in [5.41, 5.74) is 0. The molecule has 0 aromatic rings. The molecule has 0 aromatic heterocycles. The van der Waals surface area contributed by atoms with Crippen molar-refractivity contribution in [2.24, 2.45) is 5.92 Å². The summed E-state index contributed by atoms with van der Waals surface area (Å²) in [6.07, 6.45) is 13.0. The summed E-state index contributed by atoms with van der Waals surface area (Å²) in [4.78, 5) is 69.6. The first-order valence-corrected chi connectivity index (χ1v) is 18.7. The van der Waals surface area contributed by atoms with E-state index in [4.69, 9.17) is 24.1 Å². The number of unbranched alkanes of at least 4 members (excludes halogenated alkanes) is 10. The van der Waals surface area contributed by atoms with Crippen LogP contribution in [0.1, 0.15) is 116 Å². The molecule has 1 atom stereocenters. The van der Waals surface area contributed by atoms with Gasteiger partial charge in [-0.25, -0.2) is 0 Å². The van der Waals surface area contributed by atoms with Gasteiger partial charge in [-0.05, 0) is 25.7 Å². The molecule has 0 radical (unpaired) electrons. The third-order valence-corrected chi connectivity index (χ3v) is 7.82. The van der Waals surface area contributed by atoms with Crippen molar-refractivity contribution in [3.8, 4) is 0 Å². The molecule has 15 nitrogen and oxygen atoms in total. The van der Waals surface area contributed by atoms with Crippen molar-refractivity contribution in [1.82, 2.24) is 16.0 Å². The van der Waals surface area contributed by atoms with E-state index in [9.17, 15) is 33.9 Å². The molecule has 0 aliphatic rings. The predicted molar refractivity (Wildman–Crippen MR) is 190 cm³/mol. The van der Waals surface area contributed by atoms with E-state index < -0.39 is 17.9 Å². The molecule has 0 rings (SSSR count). The van der Waals surface area contributed by atoms with E-state index in [0.717, 1.165) is 64.2 Å². The minimum Gasteiger partial charge on any atom is -0.481 e. The number of amides is 3. The highest BCUT2D eigenvalue weighted by atomic mass is 16.5. The summed E-state index contributed by atoms with van der Waals surface area (Å²) < 4.78 is 21.3. The number of carbonyl (C=O) groups is 6. The molecule has 0 saturated heterocycles. The normalized spacial score (nSPS) is 11.5. The van der Waals surface area contributed by atoms with E-state index in [1.54, 1.807) is 0 Å². The number of carbonyl (C=O) groups excluding carboxylic acids is 4. The van der Waals surface area contributed by atoms with Gasteiger partial charge in [0.1, 0.15) is 13.2 Å². The van der Waals surface area contributed by atoms with Gasteiger partial charge in [-0.1, -0.05) is 64.7 Å². The number of hydrogen-bond acceptors (Lipinski definition) is 10. The largest absolute Gasteiger partial charge is 0.481 e. The lowest BCUT2D eigenvalue weighted by molar-refractivity contribution is -0.145. The highest BCUT2D eigenvalue weighted by molar-refractivity contribution is 5.85. The average Bonchev–Trinajstić information content (AvgIpc) is 3.09. The molecule has 0 aliphatic carbocycles. The van der Waals surface area contributed by atoms with Gasteiger partial charge in [0.2, 0.25) is 17.7 Å². The van der Waals surface area contributed by atoms with Crippen LogP contribution in [0.25, 0.3) is 0 Å². The Morgan fingerprint density at radius 2 is 0.980 bits per heavy atom. The van der Waals surface area contributed by atoms with Crippen LogP contribution in [0.5, 0.6) is 0 Å². The molecular formula is C36H65N3O12. The zero-order valence-corrected chi connectivity index (χ0v) is 30.9. The lowest BCUT2D eigenvalue weighted by Gasteiger charge is -2.12. The number of carboxylic acid groups (broad SMARTS) is 2. The highest BCUT2D eigenvalue weighted by Gasteiger charge is 2.22. The molecule has 0 aliphatic heterocycles. The van der Waals surface area contributed by atoms with Crippen LogP contribution in [0.4, 0.5) is 0 Å². The maximum absolute atomic E-state index is 12.1. The number of rotatable bonds is 38. The summed E-state index contributed by atoms with van der Waals surface area (Å²) in [5, 5.41) is 26.2. The van der Waals surface area contributed by atoms with Crippen LogP contribution in [-0.4, -0.2) is 118 Å².